The number of ether oxygens (including phenoxy) is 2. The molecule has 4 nitrogen and oxygen atoms in total. The van der Waals surface area contributed by atoms with E-state index in [4.69, 9.17) is 14.3 Å². The van der Waals surface area contributed by atoms with Crippen LogP contribution >= 0.6 is 0 Å². The first kappa shape index (κ1) is 14.4. The van der Waals surface area contributed by atoms with E-state index in [9.17, 15) is 0 Å². The minimum Gasteiger partial charge on any atom is -0.497 e. The van der Waals surface area contributed by atoms with E-state index >= 15 is 0 Å². The van der Waals surface area contributed by atoms with Crippen molar-refractivity contribution < 1.29 is 14.3 Å². The van der Waals surface area contributed by atoms with Gasteiger partial charge in [-0.25, -0.2) is 0 Å². The van der Waals surface area contributed by atoms with E-state index in [2.05, 4.69) is 17.3 Å². The molecule has 0 radical (unpaired) electrons. The maximum Gasteiger partial charge on any atom is 0.137 e. The molecular weight excluding hydrogens is 278 g/mol. The third kappa shape index (κ3) is 3.22. The van der Waals surface area contributed by atoms with Crippen LogP contribution in [-0.4, -0.2) is 26.0 Å². The summed E-state index contributed by atoms with van der Waals surface area (Å²) in [4.78, 5) is 5.56. The number of hydrogen-bond acceptors (Lipinski definition) is 4. The quantitative estimate of drug-likeness (QED) is 0.848. The van der Waals surface area contributed by atoms with Crippen LogP contribution in [-0.2, 0) is 11.3 Å². The molecule has 114 valence electrons. The number of rotatable bonds is 5. The molecule has 1 heterocycles. The van der Waals surface area contributed by atoms with Crippen molar-refractivity contribution in [2.75, 3.05) is 14.2 Å². The van der Waals surface area contributed by atoms with Crippen molar-refractivity contribution in [3.05, 3.63) is 59.7 Å². The van der Waals surface area contributed by atoms with Gasteiger partial charge in [0.15, 0.2) is 0 Å². The van der Waals surface area contributed by atoms with Gasteiger partial charge in [-0.1, -0.05) is 17.3 Å². The van der Waals surface area contributed by atoms with Crippen molar-refractivity contribution in [2.24, 2.45) is 5.16 Å². The Hall–Kier alpha value is -2.49. The highest BCUT2D eigenvalue weighted by atomic mass is 16.6. The van der Waals surface area contributed by atoms with Crippen molar-refractivity contribution in [2.45, 2.75) is 18.9 Å². The molecule has 0 fully saturated rings. The number of nitrogens with zero attached hydrogens (tertiary/aromatic N) is 1. The average Bonchev–Trinajstić information content (AvgIpc) is 3.04. The second kappa shape index (κ2) is 6.52. The molecule has 2 aromatic rings. The first-order valence-corrected chi connectivity index (χ1v) is 7.28. The zero-order valence-corrected chi connectivity index (χ0v) is 12.8. The van der Waals surface area contributed by atoms with Crippen molar-refractivity contribution in [3.8, 4) is 11.5 Å². The molecule has 2 aromatic carbocycles. The fourth-order valence-corrected chi connectivity index (χ4v) is 2.52. The monoisotopic (exact) mass is 297 g/mol. The highest BCUT2D eigenvalue weighted by Crippen LogP contribution is 2.22. The molecule has 1 atom stereocenters. The zero-order valence-electron chi connectivity index (χ0n) is 12.8. The molecule has 0 unspecified atom stereocenters. The van der Waals surface area contributed by atoms with E-state index in [1.807, 2.05) is 36.4 Å². The number of benzene rings is 2. The predicted molar refractivity (Wildman–Crippen MR) is 85.7 cm³/mol. The van der Waals surface area contributed by atoms with Gasteiger partial charge >= 0.3 is 0 Å². The smallest absolute Gasteiger partial charge is 0.137 e. The summed E-state index contributed by atoms with van der Waals surface area (Å²) in [6.45, 7) is 0. The van der Waals surface area contributed by atoms with Crippen LogP contribution in [0, 0.1) is 0 Å². The van der Waals surface area contributed by atoms with Gasteiger partial charge in [0.25, 0.3) is 0 Å². The van der Waals surface area contributed by atoms with Crippen molar-refractivity contribution in [1.29, 1.82) is 0 Å². The van der Waals surface area contributed by atoms with Crippen molar-refractivity contribution in [3.63, 3.8) is 0 Å². The summed E-state index contributed by atoms with van der Waals surface area (Å²) < 4.78 is 10.3. The molecule has 0 saturated heterocycles. The van der Waals surface area contributed by atoms with E-state index < -0.39 is 0 Å². The largest absolute Gasteiger partial charge is 0.497 e. The van der Waals surface area contributed by atoms with Crippen LogP contribution in [0.3, 0.4) is 0 Å². The van der Waals surface area contributed by atoms with Crippen LogP contribution in [0.1, 0.15) is 17.5 Å². The van der Waals surface area contributed by atoms with Gasteiger partial charge in [-0.2, -0.15) is 0 Å². The summed E-state index contributed by atoms with van der Waals surface area (Å²) in [6, 6.07) is 16.0. The third-order valence-corrected chi connectivity index (χ3v) is 3.78. The average molecular weight is 297 g/mol. The summed E-state index contributed by atoms with van der Waals surface area (Å²) in [5.74, 6) is 1.71. The van der Waals surface area contributed by atoms with Gasteiger partial charge in [0.2, 0.25) is 0 Å². The molecule has 22 heavy (non-hydrogen) atoms. The molecule has 0 N–H and O–H groups in total. The fraction of sp³-hybridized carbons (Fsp3) is 0.278. The molecular formula is C18H19NO3. The lowest BCUT2D eigenvalue weighted by Crippen LogP contribution is -2.11. The molecule has 0 amide bonds. The molecule has 4 heteroatoms. The van der Waals surface area contributed by atoms with E-state index in [0.717, 1.165) is 35.6 Å². The molecule has 0 aliphatic carbocycles. The van der Waals surface area contributed by atoms with E-state index in [1.54, 1.807) is 14.2 Å². The van der Waals surface area contributed by atoms with Gasteiger partial charge in [0, 0.05) is 12.8 Å². The SMILES string of the molecule is COc1ccc(C[C@H]2CC(c3ccc(OC)cc3)=NO2)cc1. The normalized spacial score (nSPS) is 16.8. The highest BCUT2D eigenvalue weighted by Gasteiger charge is 2.22. The Morgan fingerprint density at radius 2 is 1.55 bits per heavy atom. The summed E-state index contributed by atoms with van der Waals surface area (Å²) >= 11 is 0. The molecule has 0 spiro atoms. The predicted octanol–water partition coefficient (Wildman–Crippen LogP) is 3.44. The zero-order chi connectivity index (χ0) is 15.4. The summed E-state index contributed by atoms with van der Waals surface area (Å²) in [6.07, 6.45) is 1.75. The lowest BCUT2D eigenvalue weighted by molar-refractivity contribution is 0.0859. The van der Waals surface area contributed by atoms with Crippen LogP contribution in [0.25, 0.3) is 0 Å². The number of hydrogen-bond donors (Lipinski definition) is 0. The molecule has 1 aliphatic heterocycles. The van der Waals surface area contributed by atoms with Gasteiger partial charge in [-0.15, -0.1) is 0 Å². The van der Waals surface area contributed by atoms with E-state index in [-0.39, 0.29) is 6.10 Å². The maximum atomic E-state index is 5.56. The van der Waals surface area contributed by atoms with Gasteiger partial charge in [-0.05, 0) is 47.5 Å². The lowest BCUT2D eigenvalue weighted by atomic mass is 10.0. The Kier molecular flexibility index (Phi) is 4.28. The van der Waals surface area contributed by atoms with Crippen molar-refractivity contribution in [1.82, 2.24) is 0 Å². The van der Waals surface area contributed by atoms with Gasteiger partial charge in [0.1, 0.15) is 17.6 Å². The lowest BCUT2D eigenvalue weighted by Gasteiger charge is -2.08. The van der Waals surface area contributed by atoms with Crippen LogP contribution in [0.15, 0.2) is 53.7 Å². The Morgan fingerprint density at radius 3 is 2.14 bits per heavy atom. The number of methoxy groups -OCH3 is 2. The maximum absolute atomic E-state index is 5.56. The van der Waals surface area contributed by atoms with Crippen LogP contribution in [0.4, 0.5) is 0 Å². The molecule has 0 bridgehead atoms. The van der Waals surface area contributed by atoms with Gasteiger partial charge in [-0.3, -0.25) is 0 Å². The Labute approximate surface area is 130 Å². The van der Waals surface area contributed by atoms with E-state index in [1.165, 1.54) is 5.56 Å². The summed E-state index contributed by atoms with van der Waals surface area (Å²) in [5, 5.41) is 4.22. The minimum absolute atomic E-state index is 0.0884. The highest BCUT2D eigenvalue weighted by molar-refractivity contribution is 6.01. The number of oxime groups is 1. The Balaban J connectivity index is 1.60. The minimum atomic E-state index is 0.0884. The van der Waals surface area contributed by atoms with Gasteiger partial charge < -0.3 is 14.3 Å². The van der Waals surface area contributed by atoms with Crippen LogP contribution in [0.2, 0.25) is 0 Å². The second-order valence-electron chi connectivity index (χ2n) is 5.25. The van der Waals surface area contributed by atoms with E-state index in [0.29, 0.717) is 0 Å². The standard InChI is InChI=1S/C18H19NO3/c1-20-15-7-3-13(4-8-15)11-17-12-18(19-22-17)14-5-9-16(21-2)10-6-14/h3-10,17H,11-12H2,1-2H3/t17-/m0/s1. The second-order valence-corrected chi connectivity index (χ2v) is 5.25. The third-order valence-electron chi connectivity index (χ3n) is 3.78. The molecule has 0 aromatic heterocycles. The Morgan fingerprint density at radius 1 is 0.955 bits per heavy atom. The van der Waals surface area contributed by atoms with Crippen LogP contribution < -0.4 is 9.47 Å². The summed E-state index contributed by atoms with van der Waals surface area (Å²) in [7, 11) is 3.33. The molecule has 3 rings (SSSR count). The first-order valence-electron chi connectivity index (χ1n) is 7.28. The van der Waals surface area contributed by atoms with Crippen LogP contribution in [0.5, 0.6) is 11.5 Å². The molecule has 1 aliphatic rings. The van der Waals surface area contributed by atoms with Crippen molar-refractivity contribution >= 4 is 5.71 Å². The first-order chi connectivity index (χ1) is 10.8. The van der Waals surface area contributed by atoms with Gasteiger partial charge in [0.05, 0.1) is 19.9 Å². The summed E-state index contributed by atoms with van der Waals surface area (Å²) in [5.41, 5.74) is 3.29. The fourth-order valence-electron chi connectivity index (χ4n) is 2.52. The topological polar surface area (TPSA) is 40.0 Å². The molecule has 0 saturated carbocycles. The Bertz CT molecular complexity index is 647.